The van der Waals surface area contributed by atoms with Gasteiger partial charge in [0, 0.05) is 29.1 Å². The van der Waals surface area contributed by atoms with Crippen molar-refractivity contribution in [2.24, 2.45) is 0 Å². The van der Waals surface area contributed by atoms with Crippen molar-refractivity contribution in [3.63, 3.8) is 0 Å². The lowest BCUT2D eigenvalue weighted by molar-refractivity contribution is -0.112. The summed E-state index contributed by atoms with van der Waals surface area (Å²) in [5.74, 6) is -0.421. The summed E-state index contributed by atoms with van der Waals surface area (Å²) in [6, 6.07) is 11.3. The molecule has 1 aliphatic carbocycles. The molecule has 1 aromatic carbocycles. The number of rotatable bonds is 4. The zero-order valence-corrected chi connectivity index (χ0v) is 14.7. The first-order valence-corrected chi connectivity index (χ1v) is 8.90. The summed E-state index contributed by atoms with van der Waals surface area (Å²) in [6.45, 7) is 0. The molecule has 1 N–H and O–H groups in total. The van der Waals surface area contributed by atoms with Gasteiger partial charge >= 0.3 is 0 Å². The van der Waals surface area contributed by atoms with Crippen LogP contribution in [0.5, 0.6) is 0 Å². The third-order valence-corrected chi connectivity index (χ3v) is 4.76. The number of carbonyl (C=O) groups is 1. The average molecular weight is 354 g/mol. The van der Waals surface area contributed by atoms with Crippen molar-refractivity contribution in [2.45, 2.75) is 38.1 Å². The van der Waals surface area contributed by atoms with E-state index in [-0.39, 0.29) is 5.57 Å². The molecule has 128 valence electrons. The topological polar surface area (TPSA) is 57.8 Å². The molecule has 0 aliphatic heterocycles. The fourth-order valence-electron chi connectivity index (χ4n) is 3.17. The summed E-state index contributed by atoms with van der Waals surface area (Å²) in [5, 5.41) is 12.6. The van der Waals surface area contributed by atoms with Crippen LogP contribution in [0.25, 0.3) is 6.08 Å². The first-order chi connectivity index (χ1) is 12.2. The molecule has 3 rings (SSSR count). The van der Waals surface area contributed by atoms with Crippen molar-refractivity contribution >= 4 is 29.3 Å². The van der Waals surface area contributed by atoms with E-state index in [9.17, 15) is 10.1 Å². The van der Waals surface area contributed by atoms with Gasteiger partial charge in [-0.3, -0.25) is 4.79 Å². The van der Waals surface area contributed by atoms with Gasteiger partial charge in [0.15, 0.2) is 0 Å². The minimum absolute atomic E-state index is 0.0799. The van der Waals surface area contributed by atoms with Gasteiger partial charge in [-0.25, -0.2) is 0 Å². The van der Waals surface area contributed by atoms with E-state index in [2.05, 4.69) is 9.88 Å². The maximum Gasteiger partial charge on any atom is 0.266 e. The molecular weight excluding hydrogens is 334 g/mol. The molecule has 0 spiro atoms. The number of amides is 1. The Balaban J connectivity index is 1.71. The van der Waals surface area contributed by atoms with Gasteiger partial charge in [-0.05, 0) is 54.8 Å². The van der Waals surface area contributed by atoms with Crippen LogP contribution in [0.1, 0.15) is 43.7 Å². The number of halogens is 1. The zero-order chi connectivity index (χ0) is 17.6. The highest BCUT2D eigenvalue weighted by Crippen LogP contribution is 2.28. The molecule has 1 saturated carbocycles. The van der Waals surface area contributed by atoms with Crippen LogP contribution in [0.4, 0.5) is 5.69 Å². The van der Waals surface area contributed by atoms with E-state index in [1.54, 1.807) is 30.3 Å². The van der Waals surface area contributed by atoms with E-state index >= 15 is 0 Å². The SMILES string of the molecule is N#C/C(=C\c1ccn(C2CCCCC2)c1)C(=O)Nc1ccc(Cl)cc1. The van der Waals surface area contributed by atoms with Crippen molar-refractivity contribution in [2.75, 3.05) is 5.32 Å². The Morgan fingerprint density at radius 2 is 1.92 bits per heavy atom. The highest BCUT2D eigenvalue weighted by atomic mass is 35.5. The predicted octanol–water partition coefficient (Wildman–Crippen LogP) is 5.19. The molecule has 2 aromatic rings. The van der Waals surface area contributed by atoms with Crippen molar-refractivity contribution in [3.05, 3.63) is 58.9 Å². The molecule has 0 unspecified atom stereocenters. The Labute approximate surface area is 152 Å². The maximum atomic E-state index is 12.3. The molecule has 4 nitrogen and oxygen atoms in total. The second-order valence-electron chi connectivity index (χ2n) is 6.31. The Morgan fingerprint density at radius 3 is 2.60 bits per heavy atom. The summed E-state index contributed by atoms with van der Waals surface area (Å²) >= 11 is 5.83. The standard InChI is InChI=1S/C20H20ClN3O/c21-17-6-8-18(9-7-17)23-20(25)16(13-22)12-15-10-11-24(14-15)19-4-2-1-3-5-19/h6-12,14,19H,1-5H2,(H,23,25)/b16-12+. The summed E-state index contributed by atoms with van der Waals surface area (Å²) < 4.78 is 2.21. The molecule has 1 heterocycles. The van der Waals surface area contributed by atoms with Crippen LogP contribution in [0.3, 0.4) is 0 Å². The summed E-state index contributed by atoms with van der Waals surface area (Å²) in [5.41, 5.74) is 1.56. The Morgan fingerprint density at radius 1 is 1.20 bits per heavy atom. The first-order valence-electron chi connectivity index (χ1n) is 8.52. The number of carbonyl (C=O) groups excluding carboxylic acids is 1. The lowest BCUT2D eigenvalue weighted by Gasteiger charge is -2.23. The number of nitrogens with one attached hydrogen (secondary N) is 1. The van der Waals surface area contributed by atoms with Gasteiger partial charge in [0.1, 0.15) is 11.6 Å². The number of hydrogen-bond donors (Lipinski definition) is 1. The maximum absolute atomic E-state index is 12.3. The van der Waals surface area contributed by atoms with Crippen LogP contribution in [0.2, 0.25) is 5.02 Å². The lowest BCUT2D eigenvalue weighted by Crippen LogP contribution is -2.13. The first kappa shape index (κ1) is 17.3. The van der Waals surface area contributed by atoms with Crippen molar-refractivity contribution in [3.8, 4) is 6.07 Å². The zero-order valence-electron chi connectivity index (χ0n) is 13.9. The molecule has 1 aromatic heterocycles. The van der Waals surface area contributed by atoms with Crippen LogP contribution >= 0.6 is 11.6 Å². The fourth-order valence-corrected chi connectivity index (χ4v) is 3.29. The van der Waals surface area contributed by atoms with Gasteiger partial charge in [-0.1, -0.05) is 30.9 Å². The van der Waals surface area contributed by atoms with Gasteiger partial charge in [0.25, 0.3) is 5.91 Å². The fraction of sp³-hybridized carbons (Fsp3) is 0.300. The van der Waals surface area contributed by atoms with E-state index in [1.807, 2.05) is 24.5 Å². The monoisotopic (exact) mass is 353 g/mol. The lowest BCUT2D eigenvalue weighted by atomic mass is 9.95. The summed E-state index contributed by atoms with van der Waals surface area (Å²) in [4.78, 5) is 12.3. The number of hydrogen-bond acceptors (Lipinski definition) is 2. The molecule has 0 bridgehead atoms. The average Bonchev–Trinajstić information content (AvgIpc) is 3.11. The number of anilines is 1. The number of nitriles is 1. The normalized spacial score (nSPS) is 15.6. The molecule has 1 aliphatic rings. The minimum atomic E-state index is -0.421. The van der Waals surface area contributed by atoms with Crippen LogP contribution in [0, 0.1) is 11.3 Å². The Hall–Kier alpha value is -2.51. The molecule has 25 heavy (non-hydrogen) atoms. The van der Waals surface area contributed by atoms with E-state index in [0.717, 1.165) is 5.56 Å². The highest BCUT2D eigenvalue weighted by Gasteiger charge is 2.15. The van der Waals surface area contributed by atoms with E-state index in [4.69, 9.17) is 11.6 Å². The molecule has 0 saturated heterocycles. The largest absolute Gasteiger partial charge is 0.351 e. The van der Waals surface area contributed by atoms with E-state index in [1.165, 1.54) is 32.1 Å². The third-order valence-electron chi connectivity index (χ3n) is 4.51. The molecule has 0 atom stereocenters. The van der Waals surface area contributed by atoms with Gasteiger partial charge in [-0.15, -0.1) is 0 Å². The second kappa shape index (κ2) is 8.04. The molecule has 1 amide bonds. The van der Waals surface area contributed by atoms with Crippen molar-refractivity contribution in [1.29, 1.82) is 5.26 Å². The summed E-state index contributed by atoms with van der Waals surface area (Å²) in [6.07, 6.45) is 11.9. The van der Waals surface area contributed by atoms with Gasteiger partial charge < -0.3 is 9.88 Å². The minimum Gasteiger partial charge on any atom is -0.351 e. The molecule has 1 fully saturated rings. The van der Waals surface area contributed by atoms with Crippen LogP contribution < -0.4 is 5.32 Å². The molecule has 0 radical (unpaired) electrons. The Kier molecular flexibility index (Phi) is 5.57. The Bertz CT molecular complexity index is 808. The number of benzene rings is 1. The third kappa shape index (κ3) is 4.52. The summed E-state index contributed by atoms with van der Waals surface area (Å²) in [7, 11) is 0. The van der Waals surface area contributed by atoms with Gasteiger partial charge in [0.05, 0.1) is 0 Å². The van der Waals surface area contributed by atoms with E-state index in [0.29, 0.717) is 16.8 Å². The molecular formula is C20H20ClN3O. The van der Waals surface area contributed by atoms with Crippen LogP contribution in [-0.4, -0.2) is 10.5 Å². The highest BCUT2D eigenvalue weighted by molar-refractivity contribution is 6.30. The smallest absolute Gasteiger partial charge is 0.266 e. The number of aromatic nitrogens is 1. The van der Waals surface area contributed by atoms with Crippen LogP contribution in [0.15, 0.2) is 48.3 Å². The van der Waals surface area contributed by atoms with Gasteiger partial charge in [-0.2, -0.15) is 5.26 Å². The van der Waals surface area contributed by atoms with Gasteiger partial charge in [0.2, 0.25) is 0 Å². The van der Waals surface area contributed by atoms with Crippen LogP contribution in [-0.2, 0) is 4.79 Å². The predicted molar refractivity (Wildman–Crippen MR) is 100 cm³/mol. The molecule has 5 heteroatoms. The van der Waals surface area contributed by atoms with Crippen molar-refractivity contribution in [1.82, 2.24) is 4.57 Å². The quantitative estimate of drug-likeness (QED) is 0.607. The van der Waals surface area contributed by atoms with Crippen molar-refractivity contribution < 1.29 is 4.79 Å². The number of nitrogens with zero attached hydrogens (tertiary/aromatic N) is 2. The van der Waals surface area contributed by atoms with E-state index < -0.39 is 5.91 Å². The second-order valence-corrected chi connectivity index (χ2v) is 6.75.